The normalized spacial score (nSPS) is 16.6. The summed E-state index contributed by atoms with van der Waals surface area (Å²) >= 11 is 0. The highest BCUT2D eigenvalue weighted by molar-refractivity contribution is 5.97. The van der Waals surface area contributed by atoms with E-state index < -0.39 is 5.69 Å². The second-order valence-electron chi connectivity index (χ2n) is 7.95. The molecule has 0 amide bonds. The maximum absolute atomic E-state index is 13.1. The Morgan fingerprint density at radius 3 is 2.47 bits per heavy atom. The number of hydrogen-bond acceptors (Lipinski definition) is 4. The number of aromatic amines is 1. The van der Waals surface area contributed by atoms with Crippen LogP contribution >= 0.6 is 0 Å². The smallest absolute Gasteiger partial charge is 0.307 e. The van der Waals surface area contributed by atoms with Crippen LogP contribution in [0.2, 0.25) is 0 Å². The van der Waals surface area contributed by atoms with Crippen molar-refractivity contribution in [3.8, 4) is 0 Å². The van der Waals surface area contributed by atoms with Gasteiger partial charge in [0, 0.05) is 18.0 Å². The number of fused-ring (bicyclic) bond motifs is 1. The molecule has 0 spiro atoms. The van der Waals surface area contributed by atoms with E-state index in [0.717, 1.165) is 0 Å². The van der Waals surface area contributed by atoms with E-state index in [9.17, 15) is 18.8 Å². The molecule has 0 radical (unpaired) electrons. The van der Waals surface area contributed by atoms with Crippen LogP contribution in [-0.2, 0) is 0 Å². The fraction of sp³-hybridized carbons (Fsp3) is 0.348. The molecule has 0 unspecified atom stereocenters. The van der Waals surface area contributed by atoms with Gasteiger partial charge in [0.2, 0.25) is 0 Å². The Labute approximate surface area is 173 Å². The van der Waals surface area contributed by atoms with Crippen molar-refractivity contribution in [3.05, 3.63) is 80.7 Å². The van der Waals surface area contributed by atoms with Crippen molar-refractivity contribution in [2.24, 2.45) is 5.92 Å². The summed E-state index contributed by atoms with van der Waals surface area (Å²) in [7, 11) is 0. The fourth-order valence-electron chi connectivity index (χ4n) is 4.26. The number of piperidine rings is 1. The van der Waals surface area contributed by atoms with Crippen LogP contribution in [0, 0.1) is 11.7 Å². The minimum atomic E-state index is -0.410. The summed E-state index contributed by atoms with van der Waals surface area (Å²) in [5.74, 6) is -0.395. The Morgan fingerprint density at radius 2 is 1.77 bits per heavy atom. The number of ketones is 1. The number of aromatic nitrogens is 2. The van der Waals surface area contributed by atoms with Gasteiger partial charge in [-0.1, -0.05) is 12.1 Å². The van der Waals surface area contributed by atoms with E-state index in [4.69, 9.17) is 0 Å². The molecule has 1 N–H and O–H groups in total. The number of benzene rings is 2. The first-order valence-electron chi connectivity index (χ1n) is 10.2. The molecule has 156 valence electrons. The Bertz CT molecular complexity index is 1170. The molecule has 1 aromatic heterocycles. The fourth-order valence-corrected chi connectivity index (χ4v) is 4.26. The molecule has 1 aliphatic rings. The second-order valence-corrected chi connectivity index (χ2v) is 7.95. The van der Waals surface area contributed by atoms with Crippen molar-refractivity contribution in [1.29, 1.82) is 0 Å². The Hall–Kier alpha value is -3.06. The summed E-state index contributed by atoms with van der Waals surface area (Å²) < 4.78 is 14.4. The number of para-hydroxylation sites is 1. The third kappa shape index (κ3) is 3.98. The standard InChI is InChI=1S/C23H24FN3O3/c1-15(27-22(29)19-4-2-3-5-20(19)25-23(27)30)14-26-12-10-17(11-13-26)21(28)16-6-8-18(24)9-7-16/h2-9,15,17H,10-14H2,1H3,(H,25,30)/t15-/m0/s1. The number of carbonyl (C=O) groups is 1. The number of likely N-dealkylation sites (tertiary alicyclic amines) is 1. The van der Waals surface area contributed by atoms with Crippen LogP contribution < -0.4 is 11.2 Å². The molecule has 6 nitrogen and oxygen atoms in total. The molecule has 30 heavy (non-hydrogen) atoms. The van der Waals surface area contributed by atoms with Crippen LogP contribution in [0.15, 0.2) is 58.1 Å². The van der Waals surface area contributed by atoms with E-state index in [1.807, 2.05) is 6.92 Å². The number of rotatable bonds is 5. The van der Waals surface area contributed by atoms with E-state index >= 15 is 0 Å². The first-order valence-corrected chi connectivity index (χ1v) is 10.2. The predicted molar refractivity (Wildman–Crippen MR) is 113 cm³/mol. The van der Waals surface area contributed by atoms with Gasteiger partial charge in [-0.2, -0.15) is 0 Å². The molecule has 2 heterocycles. The first-order chi connectivity index (χ1) is 14.4. The zero-order valence-corrected chi connectivity index (χ0v) is 16.8. The van der Waals surface area contributed by atoms with Gasteiger partial charge in [-0.05, 0) is 69.3 Å². The number of Topliss-reactive ketones (excluding diaryl/α,β-unsaturated/α-hetero) is 1. The van der Waals surface area contributed by atoms with Crippen LogP contribution in [0.4, 0.5) is 4.39 Å². The largest absolute Gasteiger partial charge is 0.329 e. The Balaban J connectivity index is 1.42. The molecule has 1 aliphatic heterocycles. The van der Waals surface area contributed by atoms with Gasteiger partial charge in [-0.25, -0.2) is 9.18 Å². The lowest BCUT2D eigenvalue weighted by Gasteiger charge is -2.33. The quantitative estimate of drug-likeness (QED) is 0.658. The van der Waals surface area contributed by atoms with E-state index in [-0.39, 0.29) is 29.1 Å². The van der Waals surface area contributed by atoms with Gasteiger partial charge in [0.25, 0.3) is 5.56 Å². The number of nitrogens with one attached hydrogen (secondary N) is 1. The van der Waals surface area contributed by atoms with Gasteiger partial charge in [-0.15, -0.1) is 0 Å². The third-order valence-corrected chi connectivity index (χ3v) is 5.89. The van der Waals surface area contributed by atoms with Gasteiger partial charge in [0.15, 0.2) is 5.78 Å². The molecule has 0 bridgehead atoms. The summed E-state index contributed by atoms with van der Waals surface area (Å²) in [6, 6.07) is 12.4. The lowest BCUT2D eigenvalue weighted by Crippen LogP contribution is -2.44. The molecule has 1 atom stereocenters. The summed E-state index contributed by atoms with van der Waals surface area (Å²) in [5, 5.41) is 0.493. The average Bonchev–Trinajstić information content (AvgIpc) is 2.74. The van der Waals surface area contributed by atoms with Crippen molar-refractivity contribution in [3.63, 3.8) is 0 Å². The SMILES string of the molecule is C[C@@H](CN1CCC(C(=O)c2ccc(F)cc2)CC1)n1c(=O)[nH]c2ccccc2c1=O. The first kappa shape index (κ1) is 20.2. The van der Waals surface area contributed by atoms with Crippen molar-refractivity contribution in [2.75, 3.05) is 19.6 Å². The van der Waals surface area contributed by atoms with Gasteiger partial charge >= 0.3 is 5.69 Å². The van der Waals surface area contributed by atoms with Crippen LogP contribution in [0.3, 0.4) is 0 Å². The highest BCUT2D eigenvalue weighted by Gasteiger charge is 2.27. The summed E-state index contributed by atoms with van der Waals surface area (Å²) in [6.07, 6.45) is 1.40. The molecule has 7 heteroatoms. The molecular formula is C23H24FN3O3. The van der Waals surface area contributed by atoms with Crippen LogP contribution in [0.1, 0.15) is 36.2 Å². The molecule has 3 aromatic rings. The number of hydrogen-bond donors (Lipinski definition) is 1. The summed E-state index contributed by atoms with van der Waals surface area (Å²) in [4.78, 5) is 42.9. The Morgan fingerprint density at radius 1 is 1.10 bits per heavy atom. The average molecular weight is 409 g/mol. The van der Waals surface area contributed by atoms with Crippen LogP contribution in [-0.4, -0.2) is 39.9 Å². The van der Waals surface area contributed by atoms with Crippen molar-refractivity contribution < 1.29 is 9.18 Å². The highest BCUT2D eigenvalue weighted by atomic mass is 19.1. The monoisotopic (exact) mass is 409 g/mol. The van der Waals surface area contributed by atoms with Crippen LogP contribution in [0.5, 0.6) is 0 Å². The van der Waals surface area contributed by atoms with Crippen LogP contribution in [0.25, 0.3) is 10.9 Å². The maximum Gasteiger partial charge on any atom is 0.329 e. The number of carbonyl (C=O) groups excluding carboxylic acids is 1. The summed E-state index contributed by atoms with van der Waals surface area (Å²) in [5.41, 5.74) is 0.379. The second kappa shape index (κ2) is 8.36. The minimum Gasteiger partial charge on any atom is -0.307 e. The highest BCUT2D eigenvalue weighted by Crippen LogP contribution is 2.23. The van der Waals surface area contributed by atoms with Crippen molar-refractivity contribution in [1.82, 2.24) is 14.5 Å². The maximum atomic E-state index is 13.1. The van der Waals surface area contributed by atoms with Gasteiger partial charge in [0.1, 0.15) is 5.82 Å². The van der Waals surface area contributed by atoms with Gasteiger partial charge in [0.05, 0.1) is 16.9 Å². The van der Waals surface area contributed by atoms with Crippen molar-refractivity contribution in [2.45, 2.75) is 25.8 Å². The lowest BCUT2D eigenvalue weighted by molar-refractivity contribution is 0.0829. The third-order valence-electron chi connectivity index (χ3n) is 5.89. The number of H-pyrrole nitrogens is 1. The molecule has 1 saturated heterocycles. The summed E-state index contributed by atoms with van der Waals surface area (Å²) in [6.45, 7) is 3.84. The predicted octanol–water partition coefficient (Wildman–Crippen LogP) is 2.98. The molecule has 4 rings (SSSR count). The number of nitrogens with zero attached hydrogens (tertiary/aromatic N) is 2. The van der Waals surface area contributed by atoms with E-state index in [0.29, 0.717) is 48.9 Å². The lowest BCUT2D eigenvalue weighted by atomic mass is 9.89. The van der Waals surface area contributed by atoms with E-state index in [1.165, 1.54) is 28.8 Å². The molecule has 0 aliphatic carbocycles. The molecule has 1 fully saturated rings. The van der Waals surface area contributed by atoms with E-state index in [2.05, 4.69) is 9.88 Å². The van der Waals surface area contributed by atoms with E-state index in [1.54, 1.807) is 24.3 Å². The zero-order chi connectivity index (χ0) is 21.3. The molecule has 0 saturated carbocycles. The van der Waals surface area contributed by atoms with Gasteiger partial charge in [-0.3, -0.25) is 14.2 Å². The topological polar surface area (TPSA) is 75.2 Å². The van der Waals surface area contributed by atoms with Gasteiger partial charge < -0.3 is 9.88 Å². The molecule has 2 aromatic carbocycles. The Kier molecular flexibility index (Phi) is 5.63. The zero-order valence-electron chi connectivity index (χ0n) is 16.8. The molecular weight excluding hydrogens is 385 g/mol. The minimum absolute atomic E-state index is 0.0462. The van der Waals surface area contributed by atoms with Crippen molar-refractivity contribution >= 4 is 16.7 Å². The number of halogens is 1.